The number of hydrogen-bond acceptors (Lipinski definition) is 4. The largest absolute Gasteiger partial charge is 0.309 e. The molecule has 0 saturated carbocycles. The van der Waals surface area contributed by atoms with Crippen LogP contribution in [0.5, 0.6) is 0 Å². The number of benzene rings is 16. The van der Waals surface area contributed by atoms with Gasteiger partial charge in [0.1, 0.15) is 0 Å². The topological polar surface area (TPSA) is 71.3 Å². The van der Waals surface area contributed by atoms with Gasteiger partial charge < -0.3 is 9.13 Å². The van der Waals surface area contributed by atoms with E-state index in [2.05, 4.69) is 400 Å². The average Bonchev–Trinajstić information content (AvgIpc) is 1.57. The summed E-state index contributed by atoms with van der Waals surface area (Å²) in [5.41, 5.74) is 29.7. The van der Waals surface area contributed by atoms with Gasteiger partial charge in [0.2, 0.25) is 11.9 Å². The number of rotatable bonds is 12. The lowest BCUT2D eigenvalue weighted by Crippen LogP contribution is -2.00. The molecule has 22 rings (SSSR count). The molecular weight excluding hydrogens is 1360 g/mol. The third-order valence-corrected chi connectivity index (χ3v) is 22.1. The molecule has 0 amide bonds. The quantitative estimate of drug-likeness (QED) is 0.122. The van der Waals surface area contributed by atoms with Crippen LogP contribution in [0.1, 0.15) is 0 Å². The smallest absolute Gasteiger partial charge is 0.234 e. The summed E-state index contributed by atoms with van der Waals surface area (Å²) >= 11 is 0. The van der Waals surface area contributed by atoms with Crippen LogP contribution < -0.4 is 0 Å². The third-order valence-electron chi connectivity index (χ3n) is 22.1. The molecule has 0 aliphatic carbocycles. The lowest BCUT2D eigenvalue weighted by Gasteiger charge is -2.10. The predicted octanol–water partition coefficient (Wildman–Crippen LogP) is 26.7. The Balaban J connectivity index is 0.000000141. The van der Waals surface area contributed by atoms with Crippen molar-refractivity contribution in [1.82, 2.24) is 38.2 Å². The van der Waals surface area contributed by atoms with Crippen LogP contribution in [-0.4, -0.2) is 38.2 Å². The predicted molar refractivity (Wildman–Crippen MR) is 465 cm³/mol. The maximum absolute atomic E-state index is 4.98. The first-order valence-electron chi connectivity index (χ1n) is 38.0. The molecule has 6 heterocycles. The van der Waals surface area contributed by atoms with Gasteiger partial charge in [0.25, 0.3) is 0 Å². The first-order chi connectivity index (χ1) is 55.5. The average molecular weight is 1430 g/mol. The molecule has 0 fully saturated rings. The minimum atomic E-state index is 0.646. The van der Waals surface area contributed by atoms with Crippen molar-refractivity contribution in [3.05, 3.63) is 413 Å². The van der Waals surface area contributed by atoms with Gasteiger partial charge in [-0.25, -0.2) is 19.9 Å². The zero-order chi connectivity index (χ0) is 74.0. The number of aromatic nitrogens is 8. The van der Waals surface area contributed by atoms with E-state index in [1.54, 1.807) is 0 Å². The molecule has 0 aliphatic rings. The summed E-state index contributed by atoms with van der Waals surface area (Å²) in [6, 6.07) is 139. The molecule has 0 saturated heterocycles. The van der Waals surface area contributed by atoms with Crippen LogP contribution in [0.2, 0.25) is 0 Å². The zero-order valence-electron chi connectivity index (χ0n) is 60.8. The lowest BCUT2D eigenvalue weighted by atomic mass is 9.97. The van der Waals surface area contributed by atoms with E-state index in [1.807, 2.05) is 30.9 Å². The molecule has 8 heteroatoms. The fourth-order valence-electron chi connectivity index (χ4n) is 16.6. The van der Waals surface area contributed by atoms with Gasteiger partial charge in [-0.2, -0.15) is 0 Å². The van der Waals surface area contributed by atoms with E-state index in [1.165, 1.54) is 121 Å². The van der Waals surface area contributed by atoms with Gasteiger partial charge in [0, 0.05) is 90.4 Å². The van der Waals surface area contributed by atoms with E-state index in [4.69, 9.17) is 19.9 Å². The van der Waals surface area contributed by atoms with Gasteiger partial charge in [-0.15, -0.1) is 0 Å². The Labute approximate surface area is 646 Å². The second-order valence-electron chi connectivity index (χ2n) is 28.6. The molecule has 0 atom stereocenters. The Hall–Kier alpha value is -15.1. The van der Waals surface area contributed by atoms with E-state index >= 15 is 0 Å². The zero-order valence-corrected chi connectivity index (χ0v) is 60.8. The molecule has 16 aromatic carbocycles. The van der Waals surface area contributed by atoms with Crippen LogP contribution in [-0.2, 0) is 0 Å². The highest BCUT2D eigenvalue weighted by molar-refractivity contribution is 6.14. The highest BCUT2D eigenvalue weighted by atomic mass is 15.2. The second-order valence-corrected chi connectivity index (χ2v) is 28.6. The van der Waals surface area contributed by atoms with Gasteiger partial charge in [-0.1, -0.05) is 291 Å². The lowest BCUT2D eigenvalue weighted by molar-refractivity contribution is 0.990. The van der Waals surface area contributed by atoms with E-state index < -0.39 is 0 Å². The number of nitrogens with zero attached hydrogens (tertiary/aromatic N) is 8. The van der Waals surface area contributed by atoms with Gasteiger partial charge in [0.15, 0.2) is 0 Å². The van der Waals surface area contributed by atoms with Gasteiger partial charge >= 0.3 is 0 Å². The molecule has 0 spiro atoms. The fourth-order valence-corrected chi connectivity index (χ4v) is 16.6. The Morgan fingerprint density at radius 1 is 0.134 bits per heavy atom. The molecule has 524 valence electrons. The maximum atomic E-state index is 4.98. The van der Waals surface area contributed by atoms with Crippen molar-refractivity contribution in [3.8, 4) is 112 Å². The summed E-state index contributed by atoms with van der Waals surface area (Å²) in [5, 5.41) is 9.67. The summed E-state index contributed by atoms with van der Waals surface area (Å²) in [5.74, 6) is 1.30. The molecule has 112 heavy (non-hydrogen) atoms. The van der Waals surface area contributed by atoms with Crippen LogP contribution >= 0.6 is 0 Å². The highest BCUT2D eigenvalue weighted by Crippen LogP contribution is 2.42. The molecule has 6 aromatic heterocycles. The van der Waals surface area contributed by atoms with Crippen LogP contribution in [0, 0.1) is 0 Å². The van der Waals surface area contributed by atoms with Gasteiger partial charge in [0.05, 0.1) is 44.1 Å². The van der Waals surface area contributed by atoms with E-state index in [9.17, 15) is 0 Å². The summed E-state index contributed by atoms with van der Waals surface area (Å²) in [4.78, 5) is 19.8. The van der Waals surface area contributed by atoms with Crippen molar-refractivity contribution >= 4 is 87.2 Å². The Morgan fingerprint density at radius 2 is 0.366 bits per heavy atom. The maximum Gasteiger partial charge on any atom is 0.234 e. The fraction of sp³-hybridized carbons (Fsp3) is 0. The molecule has 0 radical (unpaired) electrons. The first-order valence-corrected chi connectivity index (χ1v) is 38.0. The van der Waals surface area contributed by atoms with Crippen molar-refractivity contribution < 1.29 is 0 Å². The molecular formula is C104H68N8. The standard InChI is InChI=1S/2C52H34N4/c1-3-13-35(14-4-1)36-15-11-16-37(29-36)38-17-12-18-39(30-38)42-33-53-52(54-34-42)56-49-24-10-8-22-45(49)47-31-40(26-28-50(47)56)41-25-27-46-44-21-7-9-23-48(44)55(51(46)32-41)43-19-5-2-6-20-43;1-3-11-35(12-4-1)36-19-21-37(22-20-36)38-23-25-39(26-24-38)42-33-53-52(54-34-42)56-49-18-10-8-16-45(49)47-31-40(28-30-50(47)56)41-27-29-46-44-15-7-9-17-48(44)55(51(46)32-41)43-13-5-2-6-14-43/h2*1-34H. The Kier molecular flexibility index (Phi) is 16.1. The molecule has 22 aromatic rings. The normalized spacial score (nSPS) is 11.6. The SMILES string of the molecule is c1ccc(-c2ccc(-c3ccc(-c4cnc(-n5c6ccccc6c6cc(-c7ccc8c9ccccc9n(-c9ccccc9)c8c7)ccc65)nc4)cc3)cc2)cc1.c1ccc(-c2cccc(-c3cccc(-c4cnc(-n5c6ccccc6c6cc(-c7ccc8c9ccccc9n(-c9ccccc9)c8c7)ccc65)nc4)c3)c2)cc1. The van der Waals surface area contributed by atoms with E-state index in [-0.39, 0.29) is 0 Å². The molecule has 0 N–H and O–H groups in total. The van der Waals surface area contributed by atoms with Gasteiger partial charge in [-0.3, -0.25) is 9.13 Å². The monoisotopic (exact) mass is 1430 g/mol. The van der Waals surface area contributed by atoms with Crippen molar-refractivity contribution in [2.45, 2.75) is 0 Å². The van der Waals surface area contributed by atoms with Crippen molar-refractivity contribution in [3.63, 3.8) is 0 Å². The number of para-hydroxylation sites is 6. The third kappa shape index (κ3) is 11.6. The summed E-state index contributed by atoms with van der Waals surface area (Å²) < 4.78 is 9.11. The van der Waals surface area contributed by atoms with Crippen molar-refractivity contribution in [2.24, 2.45) is 0 Å². The van der Waals surface area contributed by atoms with Crippen LogP contribution in [0.3, 0.4) is 0 Å². The summed E-state index contributed by atoms with van der Waals surface area (Å²) in [6.07, 6.45) is 7.75. The summed E-state index contributed by atoms with van der Waals surface area (Å²) in [6.45, 7) is 0. The van der Waals surface area contributed by atoms with Crippen LogP contribution in [0.15, 0.2) is 413 Å². The minimum Gasteiger partial charge on any atom is -0.309 e. The summed E-state index contributed by atoms with van der Waals surface area (Å²) in [7, 11) is 0. The van der Waals surface area contributed by atoms with Crippen molar-refractivity contribution in [2.75, 3.05) is 0 Å². The second kappa shape index (κ2) is 27.6. The molecule has 8 nitrogen and oxygen atoms in total. The minimum absolute atomic E-state index is 0.646. The Morgan fingerprint density at radius 3 is 0.759 bits per heavy atom. The first kappa shape index (κ1) is 65.2. The molecule has 0 bridgehead atoms. The van der Waals surface area contributed by atoms with Crippen molar-refractivity contribution in [1.29, 1.82) is 0 Å². The van der Waals surface area contributed by atoms with Gasteiger partial charge in [-0.05, 0) is 175 Å². The Bertz CT molecular complexity index is 7310. The van der Waals surface area contributed by atoms with Crippen LogP contribution in [0.4, 0.5) is 0 Å². The van der Waals surface area contributed by atoms with E-state index in [0.717, 1.165) is 66.8 Å². The van der Waals surface area contributed by atoms with E-state index in [0.29, 0.717) is 11.9 Å². The molecule has 0 aliphatic heterocycles. The number of hydrogen-bond donors (Lipinski definition) is 0. The molecule has 0 unspecified atom stereocenters. The number of fused-ring (bicyclic) bond motifs is 12. The van der Waals surface area contributed by atoms with Crippen LogP contribution in [0.25, 0.3) is 200 Å². The highest BCUT2D eigenvalue weighted by Gasteiger charge is 2.21.